The lowest BCUT2D eigenvalue weighted by molar-refractivity contribution is -0.890. The molecule has 188 valence electrons. The summed E-state index contributed by atoms with van der Waals surface area (Å²) in [5.41, 5.74) is 0.637. The largest absolute Gasteiger partial charge is 0.427 e. The summed E-state index contributed by atoms with van der Waals surface area (Å²) in [7, 11) is 8.01. The van der Waals surface area contributed by atoms with Gasteiger partial charge in [0, 0.05) is 26.2 Å². The molecule has 0 aliphatic rings. The van der Waals surface area contributed by atoms with E-state index >= 15 is 0 Å². The Hall–Kier alpha value is 0.0969. The van der Waals surface area contributed by atoms with Crippen molar-refractivity contribution in [2.75, 3.05) is 41.4 Å². The van der Waals surface area contributed by atoms with Gasteiger partial charge in [0.1, 0.15) is 0 Å². The van der Waals surface area contributed by atoms with E-state index in [1.807, 2.05) is 14.2 Å². The van der Waals surface area contributed by atoms with Crippen molar-refractivity contribution in [2.24, 2.45) is 0 Å². The number of hydrogen-bond donors (Lipinski definition) is 0. The fraction of sp³-hybridized carbons (Fsp3) is 1.00. The van der Waals surface area contributed by atoms with Crippen LogP contribution in [0.4, 0.5) is 0 Å². The normalized spacial score (nSPS) is 14.5. The molecule has 2 atom stereocenters. The van der Waals surface area contributed by atoms with Crippen LogP contribution in [0.2, 0.25) is 5.54 Å². The van der Waals surface area contributed by atoms with Gasteiger partial charge >= 0.3 is 0 Å². The molecule has 0 saturated heterocycles. The smallest absolute Gasteiger partial charge is 0.166 e. The molecule has 0 radical (unpaired) electrons. The maximum Gasteiger partial charge on any atom is 0.166 e. The van der Waals surface area contributed by atoms with Gasteiger partial charge in [0.2, 0.25) is 0 Å². The molecule has 0 aliphatic heterocycles. The molecule has 0 bridgehead atoms. The number of methoxy groups -OCH3 is 1. The van der Waals surface area contributed by atoms with Crippen molar-refractivity contribution in [1.29, 1.82) is 0 Å². The first-order valence-electron chi connectivity index (χ1n) is 13.8. The van der Waals surface area contributed by atoms with Crippen molar-refractivity contribution in [2.45, 2.75) is 135 Å². The Labute approximate surface area is 199 Å². The number of ether oxygens (including phenoxy) is 1. The zero-order valence-corrected chi connectivity index (χ0v) is 24.0. The lowest BCUT2D eigenvalue weighted by Gasteiger charge is -2.32. The molecule has 0 amide bonds. The van der Waals surface area contributed by atoms with E-state index in [-0.39, 0.29) is 0 Å². The van der Waals surface area contributed by atoms with E-state index in [0.717, 1.165) is 4.48 Å². The van der Waals surface area contributed by atoms with Gasteiger partial charge in [-0.15, -0.1) is 0 Å². The predicted octanol–water partition coefficient (Wildman–Crippen LogP) is 7.27. The highest BCUT2D eigenvalue weighted by molar-refractivity contribution is 6.29. The summed E-state index contributed by atoms with van der Waals surface area (Å²) in [6.45, 7) is 7.05. The lowest BCUT2D eigenvalue weighted by atomic mass is 10.0. The molecule has 0 unspecified atom stereocenters. The Balaban J connectivity index is 3.50. The fourth-order valence-corrected chi connectivity index (χ4v) is 5.82. The first kappa shape index (κ1) is 31.1. The molecule has 4 heteroatoms. The predicted molar refractivity (Wildman–Crippen MR) is 142 cm³/mol. The van der Waals surface area contributed by atoms with E-state index in [1.54, 1.807) is 0 Å². The molecule has 3 nitrogen and oxygen atoms in total. The van der Waals surface area contributed by atoms with E-state index < -0.39 is 9.76 Å². The molecule has 0 rings (SSSR count). The van der Waals surface area contributed by atoms with E-state index in [4.69, 9.17) is 9.16 Å². The van der Waals surface area contributed by atoms with Gasteiger partial charge in [0.15, 0.2) is 9.76 Å². The highest BCUT2D eigenvalue weighted by atomic mass is 28.2. The van der Waals surface area contributed by atoms with Crippen LogP contribution in [-0.4, -0.2) is 61.8 Å². The van der Waals surface area contributed by atoms with Gasteiger partial charge in [-0.1, -0.05) is 96.8 Å². The summed E-state index contributed by atoms with van der Waals surface area (Å²) >= 11 is 0. The summed E-state index contributed by atoms with van der Waals surface area (Å²) in [6.07, 6.45) is 24.7. The Morgan fingerprint density at radius 3 is 1.45 bits per heavy atom. The van der Waals surface area contributed by atoms with Crippen LogP contribution in [0.25, 0.3) is 0 Å². The molecular formula is C27H60NO2Si+. The maximum atomic E-state index is 5.57. The second-order valence-electron chi connectivity index (χ2n) is 10.6. The second-order valence-corrected chi connectivity index (χ2v) is 12.6. The Morgan fingerprint density at radius 2 is 1.06 bits per heavy atom. The molecule has 31 heavy (non-hydrogen) atoms. The number of hydrogen-bond acceptors (Lipinski definition) is 2. The van der Waals surface area contributed by atoms with Crippen LogP contribution in [0.3, 0.4) is 0 Å². The molecule has 0 heterocycles. The van der Waals surface area contributed by atoms with Crippen LogP contribution in [0, 0.1) is 0 Å². The summed E-state index contributed by atoms with van der Waals surface area (Å²) < 4.78 is 12.3. The molecule has 0 saturated carbocycles. The molecule has 0 aliphatic carbocycles. The van der Waals surface area contributed by atoms with E-state index in [0.29, 0.717) is 11.6 Å². The minimum atomic E-state index is -0.475. The molecule has 0 N–H and O–H groups in total. The van der Waals surface area contributed by atoms with Gasteiger partial charge in [-0.2, -0.15) is 0 Å². The quantitative estimate of drug-likeness (QED) is 0.0860. The van der Waals surface area contributed by atoms with Gasteiger partial charge < -0.3 is 13.6 Å². The average Bonchev–Trinajstić information content (AvgIpc) is 2.75. The van der Waals surface area contributed by atoms with Gasteiger partial charge in [0.25, 0.3) is 0 Å². The topological polar surface area (TPSA) is 18.5 Å². The summed E-state index contributed by atoms with van der Waals surface area (Å²) in [4.78, 5) is 0. The van der Waals surface area contributed by atoms with Crippen LogP contribution in [-0.2, 0) is 9.16 Å². The number of nitrogens with zero attached hydrogens (tertiary/aromatic N) is 1. The van der Waals surface area contributed by atoms with Gasteiger partial charge in [-0.25, -0.2) is 0 Å². The molecule has 0 aromatic rings. The van der Waals surface area contributed by atoms with Crippen molar-refractivity contribution in [1.82, 2.24) is 0 Å². The van der Waals surface area contributed by atoms with Gasteiger partial charge in [-0.05, 0) is 19.8 Å². The van der Waals surface area contributed by atoms with Crippen molar-refractivity contribution in [3.63, 3.8) is 0 Å². The lowest BCUT2D eigenvalue weighted by Crippen LogP contribution is -2.42. The summed E-state index contributed by atoms with van der Waals surface area (Å²) in [6, 6.07) is 0. The molecule has 0 fully saturated rings. The molecule has 0 spiro atoms. The average molecular weight is 459 g/mol. The standard InChI is InChI=1S/C27H60NO2Si/c1-7-8-9-10-11-12-13-14-15-16-17-18-19-20-21-22-24-28(3,4)25-23-27(31-30-6)26(2)29-5/h26-27H,7-25,31H2,1-6H3/q+1/t26-,27+/m1/s1. The fourth-order valence-electron chi connectivity index (χ4n) is 4.58. The number of unbranched alkanes of at least 4 members (excludes halogenated alkanes) is 15. The van der Waals surface area contributed by atoms with Crippen molar-refractivity contribution < 1.29 is 13.6 Å². The van der Waals surface area contributed by atoms with E-state index in [2.05, 4.69) is 27.9 Å². The number of quaternary nitrogens is 1. The maximum absolute atomic E-state index is 5.57. The van der Waals surface area contributed by atoms with Crippen LogP contribution < -0.4 is 0 Å². The summed E-state index contributed by atoms with van der Waals surface area (Å²) in [5, 5.41) is 0. The van der Waals surface area contributed by atoms with Crippen LogP contribution in [0.5, 0.6) is 0 Å². The first-order chi connectivity index (χ1) is 15.0. The highest BCUT2D eigenvalue weighted by Gasteiger charge is 2.22. The SMILES string of the molecule is CCCCCCCCCCCCCCCCCC[N+](C)(C)CC[C@H]([SiH2]OC)[C@@H](C)OC. The second kappa shape index (κ2) is 21.9. The zero-order valence-electron chi connectivity index (χ0n) is 22.6. The van der Waals surface area contributed by atoms with Crippen molar-refractivity contribution in [3.8, 4) is 0 Å². The third kappa shape index (κ3) is 20.4. The minimum absolute atomic E-state index is 0.335. The number of rotatable bonds is 24. The van der Waals surface area contributed by atoms with Crippen LogP contribution in [0.1, 0.15) is 123 Å². The van der Waals surface area contributed by atoms with Crippen molar-refractivity contribution in [3.05, 3.63) is 0 Å². The van der Waals surface area contributed by atoms with Gasteiger partial charge in [0.05, 0.1) is 33.3 Å². The Bertz CT molecular complexity index is 365. The van der Waals surface area contributed by atoms with Crippen LogP contribution in [0.15, 0.2) is 0 Å². The Kier molecular flexibility index (Phi) is 22.0. The highest BCUT2D eigenvalue weighted by Crippen LogP contribution is 2.20. The van der Waals surface area contributed by atoms with Crippen LogP contribution >= 0.6 is 0 Å². The molecule has 0 aromatic heterocycles. The zero-order chi connectivity index (χ0) is 23.2. The minimum Gasteiger partial charge on any atom is -0.427 e. The van der Waals surface area contributed by atoms with Crippen molar-refractivity contribution >= 4 is 9.76 Å². The van der Waals surface area contributed by atoms with Gasteiger partial charge in [-0.3, -0.25) is 0 Å². The molecule has 0 aromatic carbocycles. The Morgan fingerprint density at radius 1 is 0.645 bits per heavy atom. The third-order valence-corrected chi connectivity index (χ3v) is 8.97. The first-order valence-corrected chi connectivity index (χ1v) is 15.2. The van der Waals surface area contributed by atoms with E-state index in [1.165, 1.54) is 122 Å². The summed E-state index contributed by atoms with van der Waals surface area (Å²) in [5.74, 6) is 0. The van der Waals surface area contributed by atoms with E-state index in [9.17, 15) is 0 Å². The monoisotopic (exact) mass is 458 g/mol. The molecular weight excluding hydrogens is 398 g/mol. The third-order valence-electron chi connectivity index (χ3n) is 7.14.